The molecule has 2 aromatic heterocycles. The van der Waals surface area contributed by atoms with Gasteiger partial charge in [0.1, 0.15) is 4.83 Å². The number of rotatable bonds is 0. The quantitative estimate of drug-likeness (QED) is 0.546. The molecule has 56 valence electrons. The van der Waals surface area contributed by atoms with E-state index in [0.29, 0.717) is 0 Å². The Balaban J connectivity index is 2.91. The molecule has 2 rings (SSSR count). The largest absolute Gasteiger partial charge is 0.228 e. The highest BCUT2D eigenvalue weighted by Gasteiger charge is 2.01. The van der Waals surface area contributed by atoms with Crippen molar-refractivity contribution in [2.75, 3.05) is 0 Å². The summed E-state index contributed by atoms with van der Waals surface area (Å²) in [6.45, 7) is 2.01. The van der Waals surface area contributed by atoms with E-state index in [1.165, 1.54) is 5.39 Å². The predicted octanol–water partition coefficient (Wildman–Crippen LogP) is 2.60. The standard InChI is InChI=1S/C7H5IN2S/c1-4-5-2-3-11-6(5)10-7(8)9-4/h2-3H,1H3. The normalized spacial score (nSPS) is 10.7. The first-order valence-electron chi connectivity index (χ1n) is 3.15. The lowest BCUT2D eigenvalue weighted by molar-refractivity contribution is 1.10. The van der Waals surface area contributed by atoms with Crippen LogP contribution in [0.25, 0.3) is 10.2 Å². The first kappa shape index (κ1) is 7.42. The van der Waals surface area contributed by atoms with E-state index >= 15 is 0 Å². The Kier molecular flexibility index (Phi) is 1.80. The van der Waals surface area contributed by atoms with Crippen LogP contribution in [0.4, 0.5) is 0 Å². The van der Waals surface area contributed by atoms with Crippen molar-refractivity contribution in [3.05, 3.63) is 21.0 Å². The van der Waals surface area contributed by atoms with Crippen LogP contribution in [-0.2, 0) is 0 Å². The minimum atomic E-state index is 0.829. The van der Waals surface area contributed by atoms with Crippen molar-refractivity contribution in [2.24, 2.45) is 0 Å². The summed E-state index contributed by atoms with van der Waals surface area (Å²) in [6.07, 6.45) is 0. The van der Waals surface area contributed by atoms with Crippen molar-refractivity contribution in [2.45, 2.75) is 6.92 Å². The van der Waals surface area contributed by atoms with Crippen molar-refractivity contribution >= 4 is 44.1 Å². The molecule has 0 unspecified atom stereocenters. The van der Waals surface area contributed by atoms with E-state index in [-0.39, 0.29) is 0 Å². The summed E-state index contributed by atoms with van der Waals surface area (Å²) in [7, 11) is 0. The smallest absolute Gasteiger partial charge is 0.192 e. The van der Waals surface area contributed by atoms with E-state index in [1.54, 1.807) is 11.3 Å². The fourth-order valence-corrected chi connectivity index (χ4v) is 2.55. The number of aryl methyl sites for hydroxylation is 1. The summed E-state index contributed by atoms with van der Waals surface area (Å²) in [5, 5.41) is 3.22. The van der Waals surface area contributed by atoms with Crippen molar-refractivity contribution in [1.82, 2.24) is 9.97 Å². The van der Waals surface area contributed by atoms with Gasteiger partial charge in [-0.15, -0.1) is 11.3 Å². The lowest BCUT2D eigenvalue weighted by atomic mass is 10.3. The van der Waals surface area contributed by atoms with Crippen LogP contribution in [0.1, 0.15) is 5.69 Å². The first-order valence-corrected chi connectivity index (χ1v) is 5.10. The topological polar surface area (TPSA) is 25.8 Å². The summed E-state index contributed by atoms with van der Waals surface area (Å²) in [6, 6.07) is 2.06. The van der Waals surface area contributed by atoms with Gasteiger partial charge in [0.15, 0.2) is 3.83 Å². The highest BCUT2D eigenvalue weighted by atomic mass is 127. The molecule has 11 heavy (non-hydrogen) atoms. The van der Waals surface area contributed by atoms with Crippen molar-refractivity contribution in [3.8, 4) is 0 Å². The summed E-state index contributed by atoms with van der Waals surface area (Å²) < 4.78 is 0.829. The second kappa shape index (κ2) is 2.67. The fraction of sp³-hybridized carbons (Fsp3) is 0.143. The predicted molar refractivity (Wildman–Crippen MR) is 54.9 cm³/mol. The van der Waals surface area contributed by atoms with E-state index in [1.807, 2.05) is 12.3 Å². The molecule has 0 amide bonds. The van der Waals surface area contributed by atoms with Gasteiger partial charge >= 0.3 is 0 Å². The van der Waals surface area contributed by atoms with Crippen LogP contribution in [0.15, 0.2) is 11.4 Å². The summed E-state index contributed by atoms with van der Waals surface area (Å²) in [4.78, 5) is 9.63. The monoisotopic (exact) mass is 276 g/mol. The van der Waals surface area contributed by atoms with Crippen LogP contribution in [0.3, 0.4) is 0 Å². The van der Waals surface area contributed by atoms with Crippen LogP contribution in [0.5, 0.6) is 0 Å². The van der Waals surface area contributed by atoms with Gasteiger partial charge in [0.2, 0.25) is 0 Å². The molecule has 0 spiro atoms. The highest BCUT2D eigenvalue weighted by Crippen LogP contribution is 2.20. The number of hydrogen-bond acceptors (Lipinski definition) is 3. The maximum Gasteiger partial charge on any atom is 0.192 e. The van der Waals surface area contributed by atoms with Gasteiger partial charge in [0.25, 0.3) is 0 Å². The molecule has 0 atom stereocenters. The molecule has 0 bridgehead atoms. The third-order valence-corrected chi connectivity index (χ3v) is 2.78. The molecule has 0 saturated heterocycles. The Hall–Kier alpha value is -0.230. The average Bonchev–Trinajstić information content (AvgIpc) is 2.34. The second-order valence-electron chi connectivity index (χ2n) is 2.22. The number of halogens is 1. The number of hydrogen-bond donors (Lipinski definition) is 0. The third-order valence-electron chi connectivity index (χ3n) is 1.49. The Morgan fingerprint density at radius 2 is 2.27 bits per heavy atom. The number of aromatic nitrogens is 2. The van der Waals surface area contributed by atoms with Crippen LogP contribution in [0.2, 0.25) is 0 Å². The van der Waals surface area contributed by atoms with Crippen molar-refractivity contribution in [3.63, 3.8) is 0 Å². The molecule has 0 aromatic carbocycles. The number of fused-ring (bicyclic) bond motifs is 1. The molecular weight excluding hydrogens is 271 g/mol. The molecule has 0 fully saturated rings. The van der Waals surface area contributed by atoms with Gasteiger partial charge in [-0.05, 0) is 18.4 Å². The zero-order chi connectivity index (χ0) is 7.84. The average molecular weight is 276 g/mol. The maximum atomic E-state index is 4.29. The Morgan fingerprint density at radius 1 is 1.45 bits per heavy atom. The third kappa shape index (κ3) is 1.24. The molecule has 0 saturated carbocycles. The van der Waals surface area contributed by atoms with Gasteiger partial charge in [-0.1, -0.05) is 0 Å². The minimum absolute atomic E-state index is 0.829. The molecule has 2 nitrogen and oxygen atoms in total. The van der Waals surface area contributed by atoms with E-state index < -0.39 is 0 Å². The summed E-state index contributed by atoms with van der Waals surface area (Å²) in [5.41, 5.74) is 1.07. The van der Waals surface area contributed by atoms with Crippen LogP contribution < -0.4 is 0 Å². The Bertz CT molecular complexity index is 396. The molecule has 0 aliphatic heterocycles. The van der Waals surface area contributed by atoms with Crippen LogP contribution in [0, 0.1) is 10.8 Å². The molecule has 2 heterocycles. The van der Waals surface area contributed by atoms with E-state index in [0.717, 1.165) is 14.4 Å². The van der Waals surface area contributed by atoms with Crippen LogP contribution in [-0.4, -0.2) is 9.97 Å². The fourth-order valence-electron chi connectivity index (χ4n) is 0.971. The highest BCUT2D eigenvalue weighted by molar-refractivity contribution is 14.1. The molecule has 0 aliphatic rings. The molecule has 0 radical (unpaired) electrons. The number of thiophene rings is 1. The lowest BCUT2D eigenvalue weighted by Crippen LogP contribution is -1.89. The maximum absolute atomic E-state index is 4.29. The van der Waals surface area contributed by atoms with Crippen molar-refractivity contribution < 1.29 is 0 Å². The zero-order valence-electron chi connectivity index (χ0n) is 5.84. The first-order chi connectivity index (χ1) is 5.27. The minimum Gasteiger partial charge on any atom is -0.228 e. The molecule has 2 aromatic rings. The molecule has 0 aliphatic carbocycles. The lowest BCUT2D eigenvalue weighted by Gasteiger charge is -1.94. The second-order valence-corrected chi connectivity index (χ2v) is 4.08. The Morgan fingerprint density at radius 3 is 3.09 bits per heavy atom. The summed E-state index contributed by atoms with van der Waals surface area (Å²) >= 11 is 3.80. The van der Waals surface area contributed by atoms with Crippen molar-refractivity contribution in [1.29, 1.82) is 0 Å². The van der Waals surface area contributed by atoms with Gasteiger partial charge in [0, 0.05) is 28.0 Å². The molecular formula is C7H5IN2S. The zero-order valence-corrected chi connectivity index (χ0v) is 8.81. The van der Waals surface area contributed by atoms with Crippen LogP contribution >= 0.6 is 33.9 Å². The van der Waals surface area contributed by atoms with Gasteiger partial charge in [-0.25, -0.2) is 9.97 Å². The number of nitrogens with zero attached hydrogens (tertiary/aromatic N) is 2. The van der Waals surface area contributed by atoms with E-state index in [2.05, 4.69) is 38.6 Å². The van der Waals surface area contributed by atoms with Gasteiger partial charge in [-0.2, -0.15) is 0 Å². The Labute approximate surface area is 81.8 Å². The molecule has 0 N–H and O–H groups in total. The van der Waals surface area contributed by atoms with E-state index in [9.17, 15) is 0 Å². The van der Waals surface area contributed by atoms with E-state index in [4.69, 9.17) is 0 Å². The summed E-state index contributed by atoms with van der Waals surface area (Å²) in [5.74, 6) is 0. The van der Waals surface area contributed by atoms with Gasteiger partial charge in [0.05, 0.1) is 5.69 Å². The SMILES string of the molecule is Cc1nc(I)nc2sccc12. The molecule has 4 heteroatoms. The van der Waals surface area contributed by atoms with Gasteiger partial charge in [-0.3, -0.25) is 0 Å². The van der Waals surface area contributed by atoms with Gasteiger partial charge < -0.3 is 0 Å².